The van der Waals surface area contributed by atoms with E-state index >= 15 is 0 Å². The third kappa shape index (κ3) is 6.39. The molecule has 0 aliphatic rings. The van der Waals surface area contributed by atoms with Crippen molar-refractivity contribution in [3.05, 3.63) is 94.5 Å². The zero-order valence-corrected chi connectivity index (χ0v) is 23.5. The molecule has 2 heterocycles. The maximum Gasteiger partial charge on any atom is 0.313 e. The van der Waals surface area contributed by atoms with Crippen LogP contribution >= 0.6 is 0 Å². The molecular formula is C32H35N3O5. The first-order chi connectivity index (χ1) is 18.9. The van der Waals surface area contributed by atoms with Crippen molar-refractivity contribution in [3.63, 3.8) is 0 Å². The zero-order chi connectivity index (χ0) is 29.1. The summed E-state index contributed by atoms with van der Waals surface area (Å²) in [7, 11) is 0. The molecule has 208 valence electrons. The van der Waals surface area contributed by atoms with Crippen LogP contribution in [0, 0.1) is 5.41 Å². The summed E-state index contributed by atoms with van der Waals surface area (Å²) in [4.78, 5) is 43.6. The van der Waals surface area contributed by atoms with Gasteiger partial charge >= 0.3 is 5.97 Å². The number of pyridine rings is 2. The largest absolute Gasteiger partial charge is 0.505 e. The van der Waals surface area contributed by atoms with Crippen LogP contribution in [0.15, 0.2) is 77.7 Å². The van der Waals surface area contributed by atoms with Crippen molar-refractivity contribution in [2.75, 3.05) is 6.54 Å². The van der Waals surface area contributed by atoms with Crippen molar-refractivity contribution in [1.29, 1.82) is 0 Å². The standard InChI is InChI=1S/C32H35N3O5/c1-31(2,3)40-30(39)32(4,5)20-34-28(37)26-27(36)24-18-23(22-14-10-7-11-15-22)29(38)35(25(24)19-33-26)17-16-21-12-8-6-9-13-21/h6-15,18-19,36H,16-17,20H2,1-5H3,(H,34,37). The number of carbonyl (C=O) groups is 2. The number of carbonyl (C=O) groups excluding carboxylic acids is 2. The van der Waals surface area contributed by atoms with Crippen molar-refractivity contribution in [2.45, 2.75) is 53.2 Å². The molecule has 8 nitrogen and oxygen atoms in total. The molecule has 4 rings (SSSR count). The molecule has 0 aliphatic carbocycles. The van der Waals surface area contributed by atoms with Crippen LogP contribution in [0.3, 0.4) is 0 Å². The second-order valence-corrected chi connectivity index (χ2v) is 11.4. The Balaban J connectivity index is 1.71. The molecule has 2 aromatic carbocycles. The summed E-state index contributed by atoms with van der Waals surface area (Å²) in [5, 5.41) is 14.3. The van der Waals surface area contributed by atoms with E-state index in [0.717, 1.165) is 5.56 Å². The number of benzene rings is 2. The van der Waals surface area contributed by atoms with E-state index in [1.807, 2.05) is 60.7 Å². The highest BCUT2D eigenvalue weighted by molar-refractivity contribution is 6.01. The minimum atomic E-state index is -1.01. The van der Waals surface area contributed by atoms with Gasteiger partial charge in [-0.1, -0.05) is 60.7 Å². The zero-order valence-electron chi connectivity index (χ0n) is 23.5. The maximum absolute atomic E-state index is 13.6. The average molecular weight is 542 g/mol. The average Bonchev–Trinajstić information content (AvgIpc) is 2.91. The molecule has 4 aromatic rings. The lowest BCUT2D eigenvalue weighted by Crippen LogP contribution is -2.42. The van der Waals surface area contributed by atoms with E-state index in [4.69, 9.17) is 4.74 Å². The Morgan fingerprint density at radius 2 is 1.60 bits per heavy atom. The van der Waals surface area contributed by atoms with Crippen LogP contribution in [0.5, 0.6) is 5.75 Å². The molecule has 0 fully saturated rings. The summed E-state index contributed by atoms with van der Waals surface area (Å²) in [6.07, 6.45) is 2.03. The molecular weight excluding hydrogens is 506 g/mol. The summed E-state index contributed by atoms with van der Waals surface area (Å²) in [5.41, 5.74) is 0.505. The number of hydrogen-bond donors (Lipinski definition) is 2. The van der Waals surface area contributed by atoms with Gasteiger partial charge in [-0.15, -0.1) is 0 Å². The third-order valence-corrected chi connectivity index (χ3v) is 6.54. The molecule has 8 heteroatoms. The van der Waals surface area contributed by atoms with Crippen LogP contribution < -0.4 is 10.9 Å². The fraction of sp³-hybridized carbons (Fsp3) is 0.312. The van der Waals surface area contributed by atoms with Gasteiger partial charge in [0.1, 0.15) is 5.60 Å². The van der Waals surface area contributed by atoms with Crippen molar-refractivity contribution in [3.8, 4) is 16.9 Å². The van der Waals surface area contributed by atoms with Gasteiger partial charge in [-0.2, -0.15) is 0 Å². The molecule has 2 N–H and O–H groups in total. The van der Waals surface area contributed by atoms with Gasteiger partial charge in [-0.3, -0.25) is 14.4 Å². The van der Waals surface area contributed by atoms with Crippen LogP contribution in [-0.4, -0.2) is 38.7 Å². The van der Waals surface area contributed by atoms with Crippen LogP contribution in [0.25, 0.3) is 22.0 Å². The minimum absolute atomic E-state index is 0.0221. The third-order valence-electron chi connectivity index (χ3n) is 6.54. The first kappa shape index (κ1) is 28.5. The summed E-state index contributed by atoms with van der Waals surface area (Å²) >= 11 is 0. The molecule has 0 atom stereocenters. The van der Waals surface area contributed by atoms with E-state index in [-0.39, 0.29) is 23.5 Å². The fourth-order valence-electron chi connectivity index (χ4n) is 4.30. The number of aromatic nitrogens is 2. The minimum Gasteiger partial charge on any atom is -0.505 e. The summed E-state index contributed by atoms with van der Waals surface area (Å²) in [6.45, 7) is 9.01. The summed E-state index contributed by atoms with van der Waals surface area (Å²) in [6, 6.07) is 20.6. The summed E-state index contributed by atoms with van der Waals surface area (Å²) in [5.74, 6) is -1.43. The van der Waals surface area contributed by atoms with Gasteiger partial charge in [0.2, 0.25) is 0 Å². The first-order valence-corrected chi connectivity index (χ1v) is 13.2. The normalized spacial score (nSPS) is 11.8. The molecule has 0 spiro atoms. The smallest absolute Gasteiger partial charge is 0.313 e. The Kier molecular flexibility index (Phi) is 8.09. The van der Waals surface area contributed by atoms with Crippen LogP contribution in [0.1, 0.15) is 50.7 Å². The lowest BCUT2D eigenvalue weighted by molar-refractivity contribution is -0.165. The molecule has 0 aliphatic heterocycles. The molecule has 2 aromatic heterocycles. The number of aryl methyl sites for hydroxylation is 2. The molecule has 1 amide bonds. The highest BCUT2D eigenvalue weighted by atomic mass is 16.6. The number of rotatable bonds is 8. The van der Waals surface area contributed by atoms with Gasteiger partial charge in [0, 0.05) is 24.0 Å². The highest BCUT2D eigenvalue weighted by Crippen LogP contribution is 2.30. The quantitative estimate of drug-likeness (QED) is 0.300. The topological polar surface area (TPSA) is 111 Å². The number of nitrogens with zero attached hydrogens (tertiary/aromatic N) is 2. The Labute approximate surface area is 233 Å². The molecule has 40 heavy (non-hydrogen) atoms. The Morgan fingerprint density at radius 3 is 2.23 bits per heavy atom. The Morgan fingerprint density at radius 1 is 0.975 bits per heavy atom. The lowest BCUT2D eigenvalue weighted by Gasteiger charge is -2.28. The SMILES string of the molecule is CC(C)(C)OC(=O)C(C)(C)CNC(=O)c1ncc2c(cc(-c3ccccc3)c(=O)n2CCc2ccccc2)c1O. The molecule has 0 unspecified atom stereocenters. The van der Waals surface area contributed by atoms with Crippen molar-refractivity contribution in [2.24, 2.45) is 5.41 Å². The van der Waals surface area contributed by atoms with Gasteiger partial charge in [0.05, 0.1) is 17.1 Å². The monoisotopic (exact) mass is 541 g/mol. The fourth-order valence-corrected chi connectivity index (χ4v) is 4.30. The number of amides is 1. The van der Waals surface area contributed by atoms with E-state index in [9.17, 15) is 19.5 Å². The second kappa shape index (κ2) is 11.3. The number of esters is 1. The highest BCUT2D eigenvalue weighted by Gasteiger charge is 2.33. The summed E-state index contributed by atoms with van der Waals surface area (Å²) < 4.78 is 7.06. The van der Waals surface area contributed by atoms with Gasteiger partial charge < -0.3 is 19.7 Å². The van der Waals surface area contributed by atoms with E-state index in [0.29, 0.717) is 35.0 Å². The van der Waals surface area contributed by atoms with E-state index < -0.39 is 22.9 Å². The molecule has 0 bridgehead atoms. The predicted molar refractivity (Wildman–Crippen MR) is 155 cm³/mol. The molecule has 0 saturated carbocycles. The Bertz CT molecular complexity index is 1590. The van der Waals surface area contributed by atoms with Crippen molar-refractivity contribution < 1.29 is 19.4 Å². The van der Waals surface area contributed by atoms with Crippen molar-refractivity contribution in [1.82, 2.24) is 14.9 Å². The maximum atomic E-state index is 13.6. The first-order valence-electron chi connectivity index (χ1n) is 13.2. The van der Waals surface area contributed by atoms with Crippen LogP contribution in [0.2, 0.25) is 0 Å². The van der Waals surface area contributed by atoms with Gasteiger partial charge in [-0.25, -0.2) is 4.98 Å². The molecule has 0 radical (unpaired) electrons. The Hall–Kier alpha value is -4.46. The van der Waals surface area contributed by atoms with Crippen molar-refractivity contribution >= 4 is 22.8 Å². The number of nitrogens with one attached hydrogen (secondary N) is 1. The number of hydrogen-bond acceptors (Lipinski definition) is 6. The second-order valence-electron chi connectivity index (χ2n) is 11.4. The number of ether oxygens (including phenoxy) is 1. The van der Waals surface area contributed by atoms with Crippen LogP contribution in [0.4, 0.5) is 0 Å². The van der Waals surface area contributed by atoms with Crippen LogP contribution in [-0.2, 0) is 22.5 Å². The van der Waals surface area contributed by atoms with E-state index in [2.05, 4.69) is 10.3 Å². The van der Waals surface area contributed by atoms with Gasteiger partial charge in [0.15, 0.2) is 11.4 Å². The van der Waals surface area contributed by atoms with Gasteiger partial charge in [-0.05, 0) is 58.2 Å². The molecule has 0 saturated heterocycles. The number of fused-ring (bicyclic) bond motifs is 1. The van der Waals surface area contributed by atoms with E-state index in [1.54, 1.807) is 45.3 Å². The lowest BCUT2D eigenvalue weighted by atomic mass is 9.93. The van der Waals surface area contributed by atoms with Gasteiger partial charge in [0.25, 0.3) is 11.5 Å². The predicted octanol–water partition coefficient (Wildman–Crippen LogP) is 5.11. The van der Waals surface area contributed by atoms with E-state index in [1.165, 1.54) is 6.20 Å². The number of aromatic hydroxyl groups is 1.